The van der Waals surface area contributed by atoms with Crippen molar-refractivity contribution in [3.05, 3.63) is 41.2 Å². The van der Waals surface area contributed by atoms with Crippen LogP contribution in [0.5, 0.6) is 5.75 Å². The Morgan fingerprint density at radius 1 is 1.30 bits per heavy atom. The van der Waals surface area contributed by atoms with E-state index >= 15 is 0 Å². The monoisotopic (exact) mass is 430 g/mol. The highest BCUT2D eigenvalue weighted by Crippen LogP contribution is 2.68. The van der Waals surface area contributed by atoms with Crippen molar-refractivity contribution in [3.8, 4) is 5.75 Å². The van der Waals surface area contributed by atoms with Crippen LogP contribution in [-0.2, 0) is 16.0 Å². The van der Waals surface area contributed by atoms with E-state index < -0.39 is 5.60 Å². The summed E-state index contributed by atoms with van der Waals surface area (Å²) < 4.78 is 11.8. The maximum Gasteiger partial charge on any atom is 0.204 e. The quantitative estimate of drug-likeness (QED) is 0.576. The molecule has 1 aromatic carbocycles. The third-order valence-corrected chi connectivity index (χ3v) is 9.11. The number of carbonyl (C=O) groups is 1. The van der Waals surface area contributed by atoms with Crippen molar-refractivity contribution >= 4 is 21.7 Å². The largest absolute Gasteiger partial charge is 0.497 e. The first kappa shape index (κ1) is 17.8. The maximum absolute atomic E-state index is 13.1. The van der Waals surface area contributed by atoms with Crippen molar-refractivity contribution in [2.24, 2.45) is 17.3 Å². The number of halogens is 1. The molecule has 5 rings (SSSR count). The summed E-state index contributed by atoms with van der Waals surface area (Å²) >= 11 is 3.89. The molecule has 4 aliphatic rings. The number of allylic oxidation sites excluding steroid dienone is 1. The molecule has 144 valence electrons. The van der Waals surface area contributed by atoms with Gasteiger partial charge in [0.25, 0.3) is 0 Å². The Balaban J connectivity index is 1.53. The van der Waals surface area contributed by atoms with Gasteiger partial charge in [0.2, 0.25) is 5.78 Å². The Bertz CT molecular complexity index is 846. The van der Waals surface area contributed by atoms with Gasteiger partial charge in [-0.25, -0.2) is 0 Å². The summed E-state index contributed by atoms with van der Waals surface area (Å²) in [5.74, 6) is 3.64. The van der Waals surface area contributed by atoms with Crippen LogP contribution in [0.1, 0.15) is 56.6 Å². The molecule has 2 fully saturated rings. The zero-order valence-electron chi connectivity index (χ0n) is 16.3. The summed E-state index contributed by atoms with van der Waals surface area (Å²) in [7, 11) is 1.74. The molecule has 1 spiro atoms. The minimum Gasteiger partial charge on any atom is -0.497 e. The molecule has 0 amide bonds. The van der Waals surface area contributed by atoms with E-state index in [0.717, 1.165) is 37.2 Å². The molecule has 3 nitrogen and oxygen atoms in total. The maximum atomic E-state index is 13.1. The van der Waals surface area contributed by atoms with Crippen LogP contribution >= 0.6 is 15.9 Å². The van der Waals surface area contributed by atoms with Crippen LogP contribution in [0.4, 0.5) is 0 Å². The van der Waals surface area contributed by atoms with E-state index in [-0.39, 0.29) is 16.0 Å². The predicted molar refractivity (Wildman–Crippen MR) is 108 cm³/mol. The van der Waals surface area contributed by atoms with Gasteiger partial charge in [-0.1, -0.05) is 28.9 Å². The number of benzene rings is 1. The normalized spacial score (nSPS) is 42.2. The molecule has 0 bridgehead atoms. The van der Waals surface area contributed by atoms with Gasteiger partial charge in [0, 0.05) is 11.5 Å². The fourth-order valence-corrected chi connectivity index (χ4v) is 8.14. The van der Waals surface area contributed by atoms with E-state index in [1.165, 1.54) is 17.5 Å². The van der Waals surface area contributed by atoms with Crippen LogP contribution in [0.15, 0.2) is 30.0 Å². The van der Waals surface area contributed by atoms with Crippen molar-refractivity contribution < 1.29 is 14.3 Å². The number of methoxy groups -OCH3 is 1. The van der Waals surface area contributed by atoms with E-state index in [1.807, 2.05) is 6.92 Å². The van der Waals surface area contributed by atoms with E-state index in [1.54, 1.807) is 13.2 Å². The minimum absolute atomic E-state index is 0.0946. The molecule has 0 radical (unpaired) electrons. The van der Waals surface area contributed by atoms with Gasteiger partial charge >= 0.3 is 0 Å². The number of carbonyl (C=O) groups excluding carboxylic acids is 1. The van der Waals surface area contributed by atoms with Crippen LogP contribution in [0, 0.1) is 17.3 Å². The number of alkyl halides is 1. The van der Waals surface area contributed by atoms with Crippen molar-refractivity contribution in [1.29, 1.82) is 0 Å². The Labute approximate surface area is 169 Å². The summed E-state index contributed by atoms with van der Waals surface area (Å²) in [6.45, 7) is 4.24. The number of hydrogen-bond donors (Lipinski definition) is 0. The second kappa shape index (κ2) is 5.85. The zero-order chi connectivity index (χ0) is 19.0. The Morgan fingerprint density at radius 3 is 2.81 bits per heavy atom. The van der Waals surface area contributed by atoms with Gasteiger partial charge in [0.1, 0.15) is 5.75 Å². The van der Waals surface area contributed by atoms with Crippen LogP contribution in [0.25, 0.3) is 0 Å². The molecule has 0 unspecified atom stereocenters. The van der Waals surface area contributed by atoms with Gasteiger partial charge in [-0.2, -0.15) is 0 Å². The molecule has 1 heterocycles. The van der Waals surface area contributed by atoms with Crippen LogP contribution in [0.2, 0.25) is 0 Å². The number of fused-ring (bicyclic) bond motifs is 6. The lowest BCUT2D eigenvalue weighted by Gasteiger charge is -2.53. The molecule has 6 atom stereocenters. The molecule has 0 saturated heterocycles. The lowest BCUT2D eigenvalue weighted by molar-refractivity contribution is -0.149. The average Bonchev–Trinajstić information content (AvgIpc) is 3.09. The van der Waals surface area contributed by atoms with Gasteiger partial charge in [0.05, 0.1) is 17.7 Å². The highest BCUT2D eigenvalue weighted by molar-refractivity contribution is 9.09. The molecule has 0 N–H and O–H groups in total. The third kappa shape index (κ3) is 2.17. The molecule has 27 heavy (non-hydrogen) atoms. The van der Waals surface area contributed by atoms with Crippen molar-refractivity contribution in [2.75, 3.05) is 7.11 Å². The number of ether oxygens (including phenoxy) is 2. The Morgan fingerprint density at radius 2 is 2.11 bits per heavy atom. The average molecular weight is 431 g/mol. The van der Waals surface area contributed by atoms with E-state index in [4.69, 9.17) is 9.47 Å². The molecule has 3 aliphatic carbocycles. The van der Waals surface area contributed by atoms with Gasteiger partial charge in [-0.3, -0.25) is 4.79 Å². The number of ketones is 1. The predicted octanol–water partition coefficient (Wildman–Crippen LogP) is 5.17. The summed E-state index contributed by atoms with van der Waals surface area (Å²) in [4.78, 5) is 13.2. The summed E-state index contributed by atoms with van der Waals surface area (Å²) in [5.41, 5.74) is 2.16. The highest BCUT2D eigenvalue weighted by atomic mass is 79.9. The second-order valence-electron chi connectivity index (χ2n) is 9.10. The lowest BCUT2D eigenvalue weighted by Crippen LogP contribution is -2.57. The van der Waals surface area contributed by atoms with Crippen LogP contribution < -0.4 is 4.74 Å². The molecular formula is C23H27BrO3. The SMILES string of the molecule is COc1ccc2c(c1)CC[C@@H]1[C@@H]2CC[C@@]2(C)[C@H]1C[C@H](Br)[C@@]21OC(C)=CC1=O. The van der Waals surface area contributed by atoms with Crippen LogP contribution in [0.3, 0.4) is 0 Å². The van der Waals surface area contributed by atoms with E-state index in [2.05, 4.69) is 41.1 Å². The first-order chi connectivity index (χ1) is 12.9. The molecule has 1 aliphatic heterocycles. The van der Waals surface area contributed by atoms with Gasteiger partial charge in [0.15, 0.2) is 5.60 Å². The van der Waals surface area contributed by atoms with Crippen molar-refractivity contribution in [1.82, 2.24) is 0 Å². The number of hydrogen-bond acceptors (Lipinski definition) is 3. The number of aryl methyl sites for hydroxylation is 1. The lowest BCUT2D eigenvalue weighted by atomic mass is 9.53. The van der Waals surface area contributed by atoms with Gasteiger partial charge in [-0.05, 0) is 80.0 Å². The standard InChI is InChI=1S/C23H27BrO3/c1-13-10-21(25)23(27-13)20(24)12-19-18-6-4-14-11-15(26-3)5-7-16(14)17(18)8-9-22(19,23)2/h5,7,10-11,17-20H,4,6,8-9,12H2,1-3H3/t17-,18-,19+,20+,22+,23+/m1/s1. The fraction of sp³-hybridized carbons (Fsp3) is 0.609. The minimum atomic E-state index is -0.701. The molecular weight excluding hydrogens is 404 g/mol. The Hall–Kier alpha value is -1.29. The van der Waals surface area contributed by atoms with Crippen LogP contribution in [-0.4, -0.2) is 23.3 Å². The molecule has 1 aromatic rings. The Kier molecular flexibility index (Phi) is 3.86. The number of rotatable bonds is 1. The summed E-state index contributed by atoms with van der Waals surface area (Å²) in [6.07, 6.45) is 7.22. The first-order valence-corrected chi connectivity index (χ1v) is 11.0. The zero-order valence-corrected chi connectivity index (χ0v) is 17.8. The fourth-order valence-electron chi connectivity index (χ4n) is 6.89. The van der Waals surface area contributed by atoms with E-state index in [0.29, 0.717) is 17.8 Å². The van der Waals surface area contributed by atoms with Crippen molar-refractivity contribution in [3.63, 3.8) is 0 Å². The smallest absolute Gasteiger partial charge is 0.204 e. The molecule has 2 saturated carbocycles. The van der Waals surface area contributed by atoms with Gasteiger partial charge in [-0.15, -0.1) is 0 Å². The van der Waals surface area contributed by atoms with Gasteiger partial charge < -0.3 is 9.47 Å². The third-order valence-electron chi connectivity index (χ3n) is 8.10. The second-order valence-corrected chi connectivity index (χ2v) is 10.2. The highest BCUT2D eigenvalue weighted by Gasteiger charge is 2.71. The molecule has 0 aromatic heterocycles. The van der Waals surface area contributed by atoms with E-state index in [9.17, 15) is 4.79 Å². The van der Waals surface area contributed by atoms with Crippen molar-refractivity contribution in [2.45, 2.75) is 62.3 Å². The summed E-state index contributed by atoms with van der Waals surface area (Å²) in [5, 5.41) is 0. The first-order valence-electron chi connectivity index (χ1n) is 10.1. The molecule has 4 heteroatoms. The summed E-state index contributed by atoms with van der Waals surface area (Å²) in [6, 6.07) is 6.61. The topological polar surface area (TPSA) is 35.5 Å².